The van der Waals surface area contributed by atoms with Gasteiger partial charge in [0, 0.05) is 13.6 Å². The summed E-state index contributed by atoms with van der Waals surface area (Å²) < 4.78 is 31.2. The van der Waals surface area contributed by atoms with Crippen molar-refractivity contribution in [1.82, 2.24) is 9.62 Å². The van der Waals surface area contributed by atoms with Crippen LogP contribution in [-0.2, 0) is 16.6 Å². The Bertz CT molecular complexity index is 491. The molecule has 0 amide bonds. The number of nitrogens with one attached hydrogen (secondary N) is 1. The van der Waals surface area contributed by atoms with Gasteiger partial charge in [-0.1, -0.05) is 6.42 Å². The van der Waals surface area contributed by atoms with Crippen LogP contribution in [0.2, 0.25) is 0 Å². The van der Waals surface area contributed by atoms with E-state index in [2.05, 4.69) is 5.32 Å². The lowest BCUT2D eigenvalue weighted by atomic mass is 9.86. The molecule has 2 rings (SSSR count). The smallest absolute Gasteiger partial charge is 0.276 e. The van der Waals surface area contributed by atoms with Crippen LogP contribution in [0.5, 0.6) is 0 Å². The highest BCUT2D eigenvalue weighted by atomic mass is 32.2. The minimum Gasteiger partial charge on any atom is -0.447 e. The standard InChI is InChI=1S/C12H20N2O3S/c1-13-8-11-6-7-12(17-11)18(15,16)14(2)9-10-4-3-5-10/h6-7,10,13H,3-5,8-9H2,1-2H3. The second-order valence-electron chi connectivity index (χ2n) is 4.83. The van der Waals surface area contributed by atoms with Gasteiger partial charge in [0.05, 0.1) is 6.54 Å². The number of hydrogen-bond acceptors (Lipinski definition) is 4. The molecule has 1 saturated carbocycles. The van der Waals surface area contributed by atoms with E-state index in [0.29, 0.717) is 24.8 Å². The third-order valence-corrected chi connectivity index (χ3v) is 5.09. The van der Waals surface area contributed by atoms with Gasteiger partial charge in [-0.25, -0.2) is 8.42 Å². The van der Waals surface area contributed by atoms with Gasteiger partial charge >= 0.3 is 0 Å². The SMILES string of the molecule is CNCc1ccc(S(=O)(=O)N(C)CC2CCC2)o1. The number of rotatable bonds is 6. The molecule has 0 radical (unpaired) electrons. The van der Waals surface area contributed by atoms with E-state index in [1.54, 1.807) is 20.2 Å². The molecule has 1 aliphatic carbocycles. The molecule has 1 aromatic heterocycles. The maximum atomic E-state index is 12.2. The summed E-state index contributed by atoms with van der Waals surface area (Å²) in [6, 6.07) is 3.22. The third kappa shape index (κ3) is 2.76. The molecule has 0 unspecified atom stereocenters. The topological polar surface area (TPSA) is 62.6 Å². The van der Waals surface area contributed by atoms with E-state index >= 15 is 0 Å². The summed E-state index contributed by atoms with van der Waals surface area (Å²) in [5.74, 6) is 1.14. The van der Waals surface area contributed by atoms with Gasteiger partial charge in [-0.05, 0) is 37.9 Å². The second-order valence-corrected chi connectivity index (χ2v) is 6.81. The fourth-order valence-corrected chi connectivity index (χ4v) is 3.22. The molecule has 1 aliphatic rings. The van der Waals surface area contributed by atoms with Crippen molar-refractivity contribution in [2.24, 2.45) is 5.92 Å². The third-order valence-electron chi connectivity index (χ3n) is 3.39. The zero-order valence-corrected chi connectivity index (χ0v) is 11.7. The van der Waals surface area contributed by atoms with Crippen LogP contribution in [0.4, 0.5) is 0 Å². The van der Waals surface area contributed by atoms with Crippen molar-refractivity contribution in [3.63, 3.8) is 0 Å². The van der Waals surface area contributed by atoms with Crippen LogP contribution in [0.25, 0.3) is 0 Å². The van der Waals surface area contributed by atoms with E-state index in [1.165, 1.54) is 16.8 Å². The predicted molar refractivity (Wildman–Crippen MR) is 68.6 cm³/mol. The normalized spacial score (nSPS) is 17.1. The molecule has 0 atom stereocenters. The van der Waals surface area contributed by atoms with Crippen molar-refractivity contribution in [3.8, 4) is 0 Å². The fourth-order valence-electron chi connectivity index (χ4n) is 2.06. The minimum atomic E-state index is -3.47. The molecule has 1 aromatic rings. The highest BCUT2D eigenvalue weighted by molar-refractivity contribution is 7.89. The van der Waals surface area contributed by atoms with E-state index in [4.69, 9.17) is 4.42 Å². The molecule has 18 heavy (non-hydrogen) atoms. The maximum absolute atomic E-state index is 12.2. The van der Waals surface area contributed by atoms with Crippen LogP contribution in [-0.4, -0.2) is 33.4 Å². The Morgan fingerprint density at radius 1 is 1.44 bits per heavy atom. The predicted octanol–water partition coefficient (Wildman–Crippen LogP) is 1.42. The molecule has 0 aliphatic heterocycles. The van der Waals surface area contributed by atoms with Crippen molar-refractivity contribution >= 4 is 10.0 Å². The van der Waals surface area contributed by atoms with Gasteiger partial charge in [0.15, 0.2) is 0 Å². The molecule has 1 heterocycles. The van der Waals surface area contributed by atoms with E-state index in [-0.39, 0.29) is 5.09 Å². The van der Waals surface area contributed by atoms with Gasteiger partial charge in [0.2, 0.25) is 5.09 Å². The summed E-state index contributed by atoms with van der Waals surface area (Å²) in [6.07, 6.45) is 3.47. The second kappa shape index (κ2) is 5.42. The Hall–Kier alpha value is -0.850. The average molecular weight is 272 g/mol. The molecule has 0 saturated heterocycles. The van der Waals surface area contributed by atoms with Crippen molar-refractivity contribution in [2.45, 2.75) is 30.9 Å². The quantitative estimate of drug-likeness (QED) is 0.850. The molecule has 0 spiro atoms. The Kier molecular flexibility index (Phi) is 4.09. The van der Waals surface area contributed by atoms with Crippen molar-refractivity contribution < 1.29 is 12.8 Å². The van der Waals surface area contributed by atoms with Gasteiger partial charge in [-0.15, -0.1) is 0 Å². The Morgan fingerprint density at radius 2 is 2.17 bits per heavy atom. The highest BCUT2D eigenvalue weighted by Gasteiger charge is 2.28. The van der Waals surface area contributed by atoms with Crippen LogP contribution in [0.15, 0.2) is 21.6 Å². The zero-order chi connectivity index (χ0) is 13.2. The summed E-state index contributed by atoms with van der Waals surface area (Å²) in [6.45, 7) is 1.12. The minimum absolute atomic E-state index is 0.0366. The summed E-state index contributed by atoms with van der Waals surface area (Å²) in [4.78, 5) is 0. The molecule has 102 valence electrons. The van der Waals surface area contributed by atoms with E-state index in [9.17, 15) is 8.42 Å². The first-order chi connectivity index (χ1) is 8.54. The largest absolute Gasteiger partial charge is 0.447 e. The van der Waals surface area contributed by atoms with Crippen LogP contribution >= 0.6 is 0 Å². The number of hydrogen-bond donors (Lipinski definition) is 1. The fraction of sp³-hybridized carbons (Fsp3) is 0.667. The first kappa shape index (κ1) is 13.6. The Morgan fingerprint density at radius 3 is 2.72 bits per heavy atom. The Labute approximate surface area is 108 Å². The molecule has 0 aromatic carbocycles. The van der Waals surface area contributed by atoms with Crippen LogP contribution in [0.3, 0.4) is 0 Å². The molecular formula is C12H20N2O3S. The van der Waals surface area contributed by atoms with Gasteiger partial charge in [0.1, 0.15) is 5.76 Å². The van der Waals surface area contributed by atoms with Crippen LogP contribution in [0.1, 0.15) is 25.0 Å². The highest BCUT2D eigenvalue weighted by Crippen LogP contribution is 2.28. The zero-order valence-electron chi connectivity index (χ0n) is 10.8. The monoisotopic (exact) mass is 272 g/mol. The molecule has 5 nitrogen and oxygen atoms in total. The van der Waals surface area contributed by atoms with E-state index in [1.807, 2.05) is 0 Å². The van der Waals surface area contributed by atoms with Gasteiger partial charge in [0.25, 0.3) is 10.0 Å². The summed E-state index contributed by atoms with van der Waals surface area (Å²) in [5, 5.41) is 2.96. The van der Waals surface area contributed by atoms with Crippen LogP contribution in [0, 0.1) is 5.92 Å². The number of furan rings is 1. The molecule has 0 bridgehead atoms. The average Bonchev–Trinajstić information content (AvgIpc) is 2.72. The number of nitrogens with zero attached hydrogens (tertiary/aromatic N) is 1. The summed E-state index contributed by atoms with van der Waals surface area (Å²) >= 11 is 0. The van der Waals surface area contributed by atoms with Gasteiger partial charge < -0.3 is 9.73 Å². The maximum Gasteiger partial charge on any atom is 0.276 e. The Balaban J connectivity index is 2.07. The van der Waals surface area contributed by atoms with Gasteiger partial charge in [-0.2, -0.15) is 4.31 Å². The van der Waals surface area contributed by atoms with Gasteiger partial charge in [-0.3, -0.25) is 0 Å². The lowest BCUT2D eigenvalue weighted by Crippen LogP contribution is -2.34. The first-order valence-electron chi connectivity index (χ1n) is 6.23. The lowest BCUT2D eigenvalue weighted by molar-refractivity contribution is 0.259. The summed E-state index contributed by atoms with van der Waals surface area (Å²) in [5.41, 5.74) is 0. The molecule has 1 fully saturated rings. The molecule has 1 N–H and O–H groups in total. The van der Waals surface area contributed by atoms with Crippen LogP contribution < -0.4 is 5.32 Å². The summed E-state index contributed by atoms with van der Waals surface area (Å²) in [7, 11) is -0.0588. The van der Waals surface area contributed by atoms with Crippen molar-refractivity contribution in [2.75, 3.05) is 20.6 Å². The van der Waals surface area contributed by atoms with E-state index in [0.717, 1.165) is 12.8 Å². The van der Waals surface area contributed by atoms with Crippen molar-refractivity contribution in [1.29, 1.82) is 0 Å². The lowest BCUT2D eigenvalue weighted by Gasteiger charge is -2.29. The number of sulfonamides is 1. The van der Waals surface area contributed by atoms with E-state index < -0.39 is 10.0 Å². The van der Waals surface area contributed by atoms with Crippen molar-refractivity contribution in [3.05, 3.63) is 17.9 Å². The molecule has 6 heteroatoms. The molecular weight excluding hydrogens is 252 g/mol. The first-order valence-corrected chi connectivity index (χ1v) is 7.67.